The number of carboxylic acid groups (broad SMARTS) is 1. The fourth-order valence-electron chi connectivity index (χ4n) is 1.27. The Bertz CT molecular complexity index is 553. The number of aromatic nitrogens is 1. The largest absolute Gasteiger partial charge is 0.497 e. The van der Waals surface area contributed by atoms with E-state index in [-0.39, 0.29) is 0 Å². The molecule has 1 N–H and O–H groups in total. The minimum atomic E-state index is -0.827. The van der Waals surface area contributed by atoms with Gasteiger partial charge in [-0.25, -0.2) is 4.98 Å². The molecule has 0 radical (unpaired) electrons. The van der Waals surface area contributed by atoms with Gasteiger partial charge in [0.05, 0.1) is 17.3 Å². The van der Waals surface area contributed by atoms with Crippen LogP contribution in [0.4, 0.5) is 0 Å². The number of ether oxygens (including phenoxy) is 1. The van der Waals surface area contributed by atoms with Gasteiger partial charge in [0.15, 0.2) is 4.34 Å². The summed E-state index contributed by atoms with van der Waals surface area (Å²) in [6, 6.07) is 5.65. The van der Waals surface area contributed by atoms with Crippen LogP contribution < -0.4 is 4.74 Å². The third-order valence-corrected chi connectivity index (χ3v) is 4.42. The molecule has 0 spiro atoms. The number of benzene rings is 1. The number of hydrogen-bond acceptors (Lipinski definition) is 5. The lowest BCUT2D eigenvalue weighted by Crippen LogP contribution is -2.10. The number of rotatable bonds is 4. The van der Waals surface area contributed by atoms with E-state index in [9.17, 15) is 4.79 Å². The van der Waals surface area contributed by atoms with Gasteiger partial charge in [-0.05, 0) is 19.1 Å². The molecule has 17 heavy (non-hydrogen) atoms. The Balaban J connectivity index is 2.28. The zero-order valence-electron chi connectivity index (χ0n) is 9.34. The Morgan fingerprint density at radius 1 is 1.59 bits per heavy atom. The zero-order chi connectivity index (χ0) is 12.4. The average Bonchev–Trinajstić information content (AvgIpc) is 2.69. The molecule has 2 rings (SSSR count). The van der Waals surface area contributed by atoms with Crippen LogP contribution in [-0.4, -0.2) is 28.4 Å². The summed E-state index contributed by atoms with van der Waals surface area (Å²) in [6.45, 7) is 1.65. The number of nitrogens with zero attached hydrogens (tertiary/aromatic N) is 1. The van der Waals surface area contributed by atoms with Gasteiger partial charge in [-0.2, -0.15) is 0 Å². The lowest BCUT2D eigenvalue weighted by molar-refractivity contribution is -0.136. The molecule has 4 nitrogen and oxygen atoms in total. The van der Waals surface area contributed by atoms with Crippen LogP contribution >= 0.6 is 23.1 Å². The number of hydrogen-bond donors (Lipinski definition) is 1. The van der Waals surface area contributed by atoms with Gasteiger partial charge >= 0.3 is 5.97 Å². The lowest BCUT2D eigenvalue weighted by Gasteiger charge is -2.00. The number of methoxy groups -OCH3 is 1. The van der Waals surface area contributed by atoms with Crippen LogP contribution in [0.5, 0.6) is 5.75 Å². The smallest absolute Gasteiger partial charge is 0.316 e. The van der Waals surface area contributed by atoms with Gasteiger partial charge in [0.1, 0.15) is 11.0 Å². The summed E-state index contributed by atoms with van der Waals surface area (Å²) in [5, 5.41) is 8.35. The van der Waals surface area contributed by atoms with Crippen molar-refractivity contribution in [3.63, 3.8) is 0 Å². The molecule has 0 aliphatic carbocycles. The fourth-order valence-corrected chi connectivity index (χ4v) is 3.39. The summed E-state index contributed by atoms with van der Waals surface area (Å²) in [4.78, 5) is 15.1. The predicted molar refractivity (Wildman–Crippen MR) is 69.1 cm³/mol. The summed E-state index contributed by atoms with van der Waals surface area (Å²) in [7, 11) is 1.61. The summed E-state index contributed by atoms with van der Waals surface area (Å²) < 4.78 is 6.91. The quantitative estimate of drug-likeness (QED) is 0.865. The number of aliphatic carboxylic acids is 1. The fraction of sp³-hybridized carbons (Fsp3) is 0.273. The van der Waals surface area contributed by atoms with E-state index in [0.29, 0.717) is 0 Å². The number of carboxylic acids is 1. The molecule has 0 unspecified atom stereocenters. The maximum Gasteiger partial charge on any atom is 0.316 e. The number of thioether (sulfide) groups is 1. The van der Waals surface area contributed by atoms with Crippen LogP contribution in [0.2, 0.25) is 0 Å². The van der Waals surface area contributed by atoms with Crippen LogP contribution in [0, 0.1) is 0 Å². The van der Waals surface area contributed by atoms with Crippen molar-refractivity contribution in [3.05, 3.63) is 18.2 Å². The molecule has 0 aliphatic heterocycles. The highest BCUT2D eigenvalue weighted by Crippen LogP contribution is 2.33. The first kappa shape index (κ1) is 12.2. The second-order valence-electron chi connectivity index (χ2n) is 3.41. The van der Waals surface area contributed by atoms with Gasteiger partial charge < -0.3 is 9.84 Å². The molecule has 0 amide bonds. The van der Waals surface area contributed by atoms with E-state index in [0.717, 1.165) is 20.3 Å². The van der Waals surface area contributed by atoms with Crippen LogP contribution in [0.3, 0.4) is 0 Å². The Labute approximate surface area is 107 Å². The highest BCUT2D eigenvalue weighted by Gasteiger charge is 2.15. The molecule has 0 saturated heterocycles. The normalized spacial score (nSPS) is 12.6. The van der Waals surface area contributed by atoms with Crippen molar-refractivity contribution in [1.82, 2.24) is 4.98 Å². The van der Waals surface area contributed by atoms with Gasteiger partial charge in [-0.3, -0.25) is 4.79 Å². The highest BCUT2D eigenvalue weighted by molar-refractivity contribution is 8.02. The van der Waals surface area contributed by atoms with Crippen molar-refractivity contribution < 1.29 is 14.6 Å². The monoisotopic (exact) mass is 269 g/mol. The van der Waals surface area contributed by atoms with E-state index in [1.54, 1.807) is 14.0 Å². The van der Waals surface area contributed by atoms with Crippen LogP contribution in [-0.2, 0) is 4.79 Å². The van der Waals surface area contributed by atoms with Crippen LogP contribution in [0.1, 0.15) is 6.92 Å². The summed E-state index contributed by atoms with van der Waals surface area (Å²) in [6.07, 6.45) is 0. The average molecular weight is 269 g/mol. The highest BCUT2D eigenvalue weighted by atomic mass is 32.2. The second kappa shape index (κ2) is 4.93. The van der Waals surface area contributed by atoms with Crippen molar-refractivity contribution >= 4 is 39.3 Å². The van der Waals surface area contributed by atoms with E-state index in [4.69, 9.17) is 9.84 Å². The molecule has 6 heteroatoms. The van der Waals surface area contributed by atoms with E-state index in [1.165, 1.54) is 23.1 Å². The number of carbonyl (C=O) groups is 1. The van der Waals surface area contributed by atoms with Gasteiger partial charge in [-0.15, -0.1) is 11.3 Å². The third-order valence-electron chi connectivity index (χ3n) is 2.20. The van der Waals surface area contributed by atoms with Gasteiger partial charge in [0.2, 0.25) is 0 Å². The molecule has 0 fully saturated rings. The van der Waals surface area contributed by atoms with E-state index >= 15 is 0 Å². The maximum absolute atomic E-state index is 10.8. The van der Waals surface area contributed by atoms with E-state index in [1.807, 2.05) is 18.2 Å². The Kier molecular flexibility index (Phi) is 3.54. The molecule has 1 aromatic heterocycles. The minimum absolute atomic E-state index is 0.488. The van der Waals surface area contributed by atoms with Crippen molar-refractivity contribution in [2.75, 3.05) is 7.11 Å². The van der Waals surface area contributed by atoms with Gasteiger partial charge in [-0.1, -0.05) is 11.8 Å². The first-order chi connectivity index (χ1) is 8.10. The maximum atomic E-state index is 10.8. The lowest BCUT2D eigenvalue weighted by atomic mass is 10.3. The molecule has 0 bridgehead atoms. The van der Waals surface area contributed by atoms with Crippen LogP contribution in [0.25, 0.3) is 10.2 Å². The molecule has 2 aromatic rings. The predicted octanol–water partition coefficient (Wildman–Crippen LogP) is 2.87. The molecule has 90 valence electrons. The van der Waals surface area contributed by atoms with Gasteiger partial charge in [0.25, 0.3) is 0 Å². The Morgan fingerprint density at radius 2 is 2.35 bits per heavy atom. The number of fused-ring (bicyclic) bond motifs is 1. The summed E-state index contributed by atoms with van der Waals surface area (Å²) >= 11 is 2.75. The summed E-state index contributed by atoms with van der Waals surface area (Å²) in [5.74, 6) is -0.0718. The standard InChI is InChI=1S/C11H11NO3S2/c1-6(10(13)14)16-11-12-8-5-7(15-2)3-4-9(8)17-11/h3-6H,1-2H3,(H,13,14)/t6-/m0/s1. The van der Waals surface area contributed by atoms with Gasteiger partial charge in [0, 0.05) is 6.07 Å². The van der Waals surface area contributed by atoms with E-state index in [2.05, 4.69) is 4.98 Å². The topological polar surface area (TPSA) is 59.4 Å². The number of thiazole rings is 1. The Hall–Kier alpha value is -1.27. The van der Waals surface area contributed by atoms with Crippen molar-refractivity contribution in [1.29, 1.82) is 0 Å². The minimum Gasteiger partial charge on any atom is -0.497 e. The molecule has 0 saturated carbocycles. The molecule has 0 aliphatic rings. The van der Waals surface area contributed by atoms with Crippen molar-refractivity contribution in [2.24, 2.45) is 0 Å². The molecule has 1 aromatic carbocycles. The molecular weight excluding hydrogens is 258 g/mol. The van der Waals surface area contributed by atoms with Crippen molar-refractivity contribution in [3.8, 4) is 5.75 Å². The Morgan fingerprint density at radius 3 is 3.00 bits per heavy atom. The van der Waals surface area contributed by atoms with E-state index < -0.39 is 11.2 Å². The van der Waals surface area contributed by atoms with Crippen molar-refractivity contribution in [2.45, 2.75) is 16.5 Å². The second-order valence-corrected chi connectivity index (χ2v) is 6.03. The summed E-state index contributed by atoms with van der Waals surface area (Å²) in [5.41, 5.74) is 0.842. The molecule has 1 atom stereocenters. The molecular formula is C11H11NO3S2. The SMILES string of the molecule is COc1ccc2sc(S[C@@H](C)C(=O)O)nc2c1. The first-order valence-electron chi connectivity index (χ1n) is 4.94. The third kappa shape index (κ3) is 2.70. The first-order valence-corrected chi connectivity index (χ1v) is 6.64. The zero-order valence-corrected chi connectivity index (χ0v) is 11.0. The van der Waals surface area contributed by atoms with Crippen LogP contribution in [0.15, 0.2) is 22.5 Å². The molecule has 1 heterocycles.